The predicted octanol–water partition coefficient (Wildman–Crippen LogP) is 0.645. The zero-order chi connectivity index (χ0) is 9.64. The number of carbonyl (C=O) groups excluding carboxylic acids is 1. The Bertz CT molecular complexity index is 244. The smallest absolute Gasteiger partial charge is 0.243 e. The van der Waals surface area contributed by atoms with E-state index >= 15 is 0 Å². The molecule has 0 bridgehead atoms. The lowest BCUT2D eigenvalue weighted by Gasteiger charge is -2.26. The van der Waals surface area contributed by atoms with Crippen molar-refractivity contribution in [3.8, 4) is 0 Å². The summed E-state index contributed by atoms with van der Waals surface area (Å²) in [7, 11) is 0. The molecule has 1 amide bonds. The van der Waals surface area contributed by atoms with Crippen molar-refractivity contribution in [1.82, 2.24) is 4.90 Å². The molecule has 0 spiro atoms. The van der Waals surface area contributed by atoms with Crippen LogP contribution in [0.2, 0.25) is 0 Å². The van der Waals surface area contributed by atoms with Gasteiger partial charge in [0.15, 0.2) is 0 Å². The van der Waals surface area contributed by atoms with E-state index in [2.05, 4.69) is 0 Å². The van der Waals surface area contributed by atoms with Crippen LogP contribution in [0.5, 0.6) is 0 Å². The summed E-state index contributed by atoms with van der Waals surface area (Å²) in [4.78, 5) is 13.9. The molecule has 2 aliphatic heterocycles. The minimum atomic E-state index is -0.585. The maximum Gasteiger partial charge on any atom is 0.243 e. The van der Waals surface area contributed by atoms with Gasteiger partial charge in [0.2, 0.25) is 5.91 Å². The molecule has 4 heteroatoms. The lowest BCUT2D eigenvalue weighted by molar-refractivity contribution is -0.133. The van der Waals surface area contributed by atoms with E-state index in [1.807, 2.05) is 30.5 Å². The van der Waals surface area contributed by atoms with E-state index in [1.54, 1.807) is 0 Å². The topological polar surface area (TPSA) is 46.3 Å². The Morgan fingerprint density at radius 1 is 1.69 bits per heavy atom. The molecule has 3 nitrogen and oxygen atoms in total. The van der Waals surface area contributed by atoms with Crippen LogP contribution in [0.1, 0.15) is 20.3 Å². The van der Waals surface area contributed by atoms with Gasteiger partial charge >= 0.3 is 0 Å². The molecule has 2 saturated heterocycles. The van der Waals surface area contributed by atoms with E-state index in [9.17, 15) is 4.79 Å². The minimum absolute atomic E-state index is 0.164. The summed E-state index contributed by atoms with van der Waals surface area (Å²) in [6.45, 7) is 4.95. The van der Waals surface area contributed by atoms with Gasteiger partial charge in [0, 0.05) is 18.7 Å². The van der Waals surface area contributed by atoms with Gasteiger partial charge in [0.1, 0.15) is 5.54 Å². The fourth-order valence-corrected chi connectivity index (χ4v) is 3.40. The fourth-order valence-electron chi connectivity index (χ4n) is 2.05. The molecular weight excluding hydrogens is 184 g/mol. The summed E-state index contributed by atoms with van der Waals surface area (Å²) < 4.78 is 0. The van der Waals surface area contributed by atoms with Crippen molar-refractivity contribution < 1.29 is 4.79 Å². The number of fused-ring (bicyclic) bond motifs is 1. The first-order chi connectivity index (χ1) is 6.05. The first-order valence-electron chi connectivity index (χ1n) is 4.77. The third-order valence-corrected chi connectivity index (χ3v) is 4.42. The molecule has 0 aliphatic carbocycles. The Balaban J connectivity index is 2.23. The minimum Gasteiger partial charge on any atom is -0.328 e. The molecule has 2 aliphatic rings. The Hall–Kier alpha value is -0.220. The lowest BCUT2D eigenvalue weighted by atomic mass is 9.86. The number of amides is 1. The molecule has 13 heavy (non-hydrogen) atoms. The molecule has 0 unspecified atom stereocenters. The van der Waals surface area contributed by atoms with Crippen LogP contribution in [0.15, 0.2) is 0 Å². The van der Waals surface area contributed by atoms with Gasteiger partial charge in [0.05, 0.1) is 5.37 Å². The molecule has 0 aromatic rings. The zero-order valence-corrected chi connectivity index (χ0v) is 8.93. The van der Waals surface area contributed by atoms with Crippen molar-refractivity contribution in [3.63, 3.8) is 0 Å². The molecule has 2 atom stereocenters. The highest BCUT2D eigenvalue weighted by Gasteiger charge is 2.52. The number of nitrogens with zero attached hydrogens (tertiary/aromatic N) is 1. The van der Waals surface area contributed by atoms with Gasteiger partial charge in [-0.25, -0.2) is 0 Å². The molecule has 2 heterocycles. The number of hydrogen-bond acceptors (Lipinski definition) is 3. The monoisotopic (exact) mass is 200 g/mol. The number of hydrogen-bond donors (Lipinski definition) is 1. The SMILES string of the molecule is CC(C)[C@@]1(N)C[C@@H]2SCCN2C1=O. The quantitative estimate of drug-likeness (QED) is 0.676. The van der Waals surface area contributed by atoms with Crippen molar-refractivity contribution in [3.05, 3.63) is 0 Å². The highest BCUT2D eigenvalue weighted by molar-refractivity contribution is 8.00. The Kier molecular flexibility index (Phi) is 2.07. The van der Waals surface area contributed by atoms with Gasteiger partial charge in [-0.2, -0.15) is 0 Å². The molecule has 74 valence electrons. The van der Waals surface area contributed by atoms with Gasteiger partial charge in [-0.05, 0) is 5.92 Å². The van der Waals surface area contributed by atoms with E-state index in [0.717, 1.165) is 18.7 Å². The second-order valence-electron chi connectivity index (χ2n) is 4.22. The fraction of sp³-hybridized carbons (Fsp3) is 0.889. The van der Waals surface area contributed by atoms with Crippen LogP contribution in [0.3, 0.4) is 0 Å². The van der Waals surface area contributed by atoms with Crippen LogP contribution in [-0.2, 0) is 4.79 Å². The first-order valence-corrected chi connectivity index (χ1v) is 5.82. The van der Waals surface area contributed by atoms with Crippen molar-refractivity contribution in [2.75, 3.05) is 12.3 Å². The summed E-state index contributed by atoms with van der Waals surface area (Å²) in [5.41, 5.74) is 5.55. The van der Waals surface area contributed by atoms with E-state index < -0.39 is 5.54 Å². The zero-order valence-electron chi connectivity index (χ0n) is 8.12. The van der Waals surface area contributed by atoms with Crippen molar-refractivity contribution in [2.45, 2.75) is 31.2 Å². The number of thioether (sulfide) groups is 1. The maximum atomic E-state index is 11.9. The highest BCUT2D eigenvalue weighted by Crippen LogP contribution is 2.40. The van der Waals surface area contributed by atoms with Crippen molar-refractivity contribution in [1.29, 1.82) is 0 Å². The summed E-state index contributed by atoms with van der Waals surface area (Å²) in [6, 6.07) is 0. The Morgan fingerprint density at radius 2 is 2.38 bits per heavy atom. The summed E-state index contributed by atoms with van der Waals surface area (Å²) >= 11 is 1.86. The summed E-state index contributed by atoms with van der Waals surface area (Å²) in [5.74, 6) is 1.48. The van der Waals surface area contributed by atoms with Crippen molar-refractivity contribution in [2.24, 2.45) is 11.7 Å². The Labute approximate surface area is 83.0 Å². The normalized spacial score (nSPS) is 38.9. The largest absolute Gasteiger partial charge is 0.328 e. The lowest BCUT2D eigenvalue weighted by Crippen LogP contribution is -2.52. The second-order valence-corrected chi connectivity index (χ2v) is 5.51. The van der Waals surface area contributed by atoms with E-state index in [-0.39, 0.29) is 11.8 Å². The average Bonchev–Trinajstić information content (AvgIpc) is 2.57. The van der Waals surface area contributed by atoms with E-state index in [0.29, 0.717) is 5.37 Å². The standard InChI is InChI=1S/C9H16N2OS/c1-6(2)9(10)5-7-11(8(9)12)3-4-13-7/h6-7H,3-5,10H2,1-2H3/t7-,9-/m0/s1. The molecule has 2 rings (SSSR count). The molecule has 0 radical (unpaired) electrons. The maximum absolute atomic E-state index is 11.9. The third-order valence-electron chi connectivity index (χ3n) is 3.19. The van der Waals surface area contributed by atoms with Gasteiger partial charge < -0.3 is 10.6 Å². The number of rotatable bonds is 1. The van der Waals surface area contributed by atoms with Gasteiger partial charge in [-0.1, -0.05) is 13.8 Å². The van der Waals surface area contributed by atoms with Gasteiger partial charge in [0.25, 0.3) is 0 Å². The van der Waals surface area contributed by atoms with Crippen LogP contribution in [0.25, 0.3) is 0 Å². The summed E-state index contributed by atoms with van der Waals surface area (Å²) in [5, 5.41) is 0.361. The average molecular weight is 200 g/mol. The predicted molar refractivity (Wildman–Crippen MR) is 54.3 cm³/mol. The molecule has 0 aromatic carbocycles. The van der Waals surface area contributed by atoms with E-state index in [1.165, 1.54) is 0 Å². The molecule has 0 aromatic heterocycles. The molecule has 2 N–H and O–H groups in total. The van der Waals surface area contributed by atoms with Crippen LogP contribution in [0, 0.1) is 5.92 Å². The molecule has 0 saturated carbocycles. The van der Waals surface area contributed by atoms with Crippen LogP contribution >= 0.6 is 11.8 Å². The number of nitrogens with two attached hydrogens (primary N) is 1. The second kappa shape index (κ2) is 2.89. The molecule has 2 fully saturated rings. The highest BCUT2D eigenvalue weighted by atomic mass is 32.2. The van der Waals surface area contributed by atoms with Gasteiger partial charge in [-0.15, -0.1) is 11.8 Å². The van der Waals surface area contributed by atoms with Crippen molar-refractivity contribution >= 4 is 17.7 Å². The summed E-state index contributed by atoms with van der Waals surface area (Å²) in [6.07, 6.45) is 0.828. The first kappa shape index (κ1) is 9.34. The molecular formula is C9H16N2OS. The Morgan fingerprint density at radius 3 is 2.92 bits per heavy atom. The third kappa shape index (κ3) is 1.19. The van der Waals surface area contributed by atoms with Crippen LogP contribution < -0.4 is 5.73 Å². The van der Waals surface area contributed by atoms with Gasteiger partial charge in [-0.3, -0.25) is 4.79 Å². The van der Waals surface area contributed by atoms with E-state index in [4.69, 9.17) is 5.73 Å². The number of carbonyl (C=O) groups is 1. The van der Waals surface area contributed by atoms with Crippen LogP contribution in [0.4, 0.5) is 0 Å². The van der Waals surface area contributed by atoms with Crippen LogP contribution in [-0.4, -0.2) is 34.0 Å².